The van der Waals surface area contributed by atoms with Crippen LogP contribution in [-0.4, -0.2) is 78.1 Å². The lowest BCUT2D eigenvalue weighted by molar-refractivity contribution is 0.0565. The van der Waals surface area contributed by atoms with E-state index in [2.05, 4.69) is 25.6 Å². The number of hydrogen-bond donors (Lipinski definition) is 3. The van der Waals surface area contributed by atoms with Crippen LogP contribution in [0.25, 0.3) is 0 Å². The van der Waals surface area contributed by atoms with Crippen molar-refractivity contribution in [3.63, 3.8) is 0 Å². The zero-order valence-electron chi connectivity index (χ0n) is 22.3. The molecule has 1 aliphatic heterocycles. The highest BCUT2D eigenvalue weighted by Crippen LogP contribution is 2.29. The number of aromatic nitrogens is 3. The van der Waals surface area contributed by atoms with E-state index in [0.717, 1.165) is 28.8 Å². The Hall–Kier alpha value is -3.82. The van der Waals surface area contributed by atoms with Gasteiger partial charge in [0, 0.05) is 37.9 Å². The first kappa shape index (κ1) is 29.2. The molecule has 40 heavy (non-hydrogen) atoms. The number of amides is 1. The molecule has 1 aromatic carbocycles. The Bertz CT molecular complexity index is 1490. The van der Waals surface area contributed by atoms with E-state index in [4.69, 9.17) is 9.47 Å². The Morgan fingerprint density at radius 2 is 1.90 bits per heavy atom. The van der Waals surface area contributed by atoms with Gasteiger partial charge in [-0.1, -0.05) is 23.5 Å². The summed E-state index contributed by atoms with van der Waals surface area (Å²) in [6.07, 6.45) is 1.13. The largest absolute Gasteiger partial charge is 0.477 e. The molecule has 0 radical (unpaired) electrons. The molecular weight excluding hydrogens is 560 g/mol. The Morgan fingerprint density at radius 3 is 2.55 bits per heavy atom. The Morgan fingerprint density at radius 1 is 1.15 bits per heavy atom. The molecule has 3 N–H and O–H groups in total. The smallest absolute Gasteiger partial charge is 0.410 e. The number of fused-ring (bicyclic) bond motifs is 1. The normalized spacial score (nSPS) is 13.0. The first-order chi connectivity index (χ1) is 19.0. The van der Waals surface area contributed by atoms with Crippen molar-refractivity contribution in [3.05, 3.63) is 51.7 Å². The lowest BCUT2D eigenvalue weighted by Crippen LogP contribution is -2.38. The van der Waals surface area contributed by atoms with Gasteiger partial charge in [0.2, 0.25) is 5.95 Å². The van der Waals surface area contributed by atoms with Crippen molar-refractivity contribution in [1.29, 1.82) is 0 Å². The number of anilines is 3. The van der Waals surface area contributed by atoms with Crippen LogP contribution >= 0.6 is 11.3 Å². The molecule has 3 aromatic rings. The van der Waals surface area contributed by atoms with Crippen LogP contribution in [0.2, 0.25) is 0 Å². The molecule has 13 nitrogen and oxygen atoms in total. The Balaban J connectivity index is 1.57. The molecule has 0 saturated carbocycles. The Labute approximate surface area is 235 Å². The second-order valence-electron chi connectivity index (χ2n) is 8.94. The average Bonchev–Trinajstić information content (AvgIpc) is 3.29. The lowest BCUT2D eigenvalue weighted by atomic mass is 10.1. The highest BCUT2D eigenvalue weighted by atomic mass is 32.2. The molecule has 15 heteroatoms. The monoisotopic (exact) mass is 590 g/mol. The van der Waals surface area contributed by atoms with E-state index in [1.54, 1.807) is 36.1 Å². The SMILES string of the molecule is CCOCCOC(=O)N1CCc2nc(Nc3nc(C)c(C(=O)O)s3)nc(NCc3ccc(S(C)(=O)=O)cc3)c2C1. The van der Waals surface area contributed by atoms with Gasteiger partial charge in [0.15, 0.2) is 15.0 Å². The molecule has 0 saturated heterocycles. The number of hydrogen-bond acceptors (Lipinski definition) is 12. The zero-order chi connectivity index (χ0) is 28.9. The van der Waals surface area contributed by atoms with E-state index in [-0.39, 0.29) is 28.9 Å². The third-order valence-electron chi connectivity index (χ3n) is 6.00. The van der Waals surface area contributed by atoms with Crippen molar-refractivity contribution >= 4 is 50.1 Å². The number of rotatable bonds is 11. The van der Waals surface area contributed by atoms with Gasteiger partial charge in [0.25, 0.3) is 0 Å². The van der Waals surface area contributed by atoms with Gasteiger partial charge in [-0.3, -0.25) is 5.32 Å². The number of aromatic carboxylic acids is 1. The fraction of sp³-hybridized carbons (Fsp3) is 0.400. The summed E-state index contributed by atoms with van der Waals surface area (Å²) in [7, 11) is -3.31. The van der Waals surface area contributed by atoms with Gasteiger partial charge in [-0.25, -0.2) is 28.0 Å². The fourth-order valence-corrected chi connectivity index (χ4v) is 5.41. The van der Waals surface area contributed by atoms with E-state index in [0.29, 0.717) is 54.9 Å². The molecule has 0 bridgehead atoms. The van der Waals surface area contributed by atoms with Crippen molar-refractivity contribution in [2.45, 2.75) is 38.3 Å². The van der Waals surface area contributed by atoms with Crippen molar-refractivity contribution in [2.75, 3.05) is 43.3 Å². The molecule has 4 rings (SSSR count). The van der Waals surface area contributed by atoms with E-state index in [9.17, 15) is 23.1 Å². The molecule has 2 aromatic heterocycles. The first-order valence-corrected chi connectivity index (χ1v) is 15.2. The standard InChI is InChI=1S/C25H30N6O7S2/c1-4-37-11-12-38-25(34)31-10-9-19-18(14-31)21(26-13-16-5-7-17(8-6-16)40(3,35)36)29-23(28-19)30-24-27-15(2)20(39-24)22(32)33/h5-8H,4,9-14H2,1-3H3,(H,32,33)(H2,26,27,28,29,30). The van der Waals surface area contributed by atoms with Crippen LogP contribution < -0.4 is 10.6 Å². The highest BCUT2D eigenvalue weighted by Gasteiger charge is 2.27. The molecular formula is C25H30N6O7S2. The minimum atomic E-state index is -3.31. The lowest BCUT2D eigenvalue weighted by Gasteiger charge is -2.29. The van der Waals surface area contributed by atoms with Gasteiger partial charge in [-0.15, -0.1) is 0 Å². The van der Waals surface area contributed by atoms with Crippen molar-refractivity contribution in [1.82, 2.24) is 19.9 Å². The maximum Gasteiger partial charge on any atom is 0.410 e. The minimum Gasteiger partial charge on any atom is -0.477 e. The number of sulfone groups is 1. The number of carbonyl (C=O) groups is 2. The van der Waals surface area contributed by atoms with E-state index >= 15 is 0 Å². The summed E-state index contributed by atoms with van der Waals surface area (Å²) in [5.41, 5.74) is 2.64. The second-order valence-corrected chi connectivity index (χ2v) is 12.0. The van der Waals surface area contributed by atoms with E-state index in [1.165, 1.54) is 0 Å². The fourth-order valence-electron chi connectivity index (χ4n) is 3.98. The quantitative estimate of drug-likeness (QED) is 0.279. The third-order valence-corrected chi connectivity index (χ3v) is 8.19. The van der Waals surface area contributed by atoms with Crippen molar-refractivity contribution < 1.29 is 32.6 Å². The number of nitrogens with one attached hydrogen (secondary N) is 2. The molecule has 3 heterocycles. The second kappa shape index (κ2) is 12.6. The number of carboxylic acids is 1. The predicted octanol–water partition coefficient (Wildman–Crippen LogP) is 3.23. The van der Waals surface area contributed by atoms with Crippen LogP contribution in [0.5, 0.6) is 0 Å². The topological polar surface area (TPSA) is 173 Å². The number of nitrogens with zero attached hydrogens (tertiary/aromatic N) is 4. The summed E-state index contributed by atoms with van der Waals surface area (Å²) in [6.45, 7) is 5.41. The van der Waals surface area contributed by atoms with Gasteiger partial charge < -0.3 is 24.8 Å². The molecule has 214 valence electrons. The van der Waals surface area contributed by atoms with Crippen LogP contribution in [-0.2, 0) is 38.8 Å². The maximum absolute atomic E-state index is 12.6. The molecule has 1 aliphatic rings. The average molecular weight is 591 g/mol. The molecule has 0 atom stereocenters. The highest BCUT2D eigenvalue weighted by molar-refractivity contribution is 7.90. The van der Waals surface area contributed by atoms with Crippen molar-refractivity contribution in [3.8, 4) is 0 Å². The number of carboxylic acid groups (broad SMARTS) is 1. The number of thiazole rings is 1. The summed E-state index contributed by atoms with van der Waals surface area (Å²) in [6, 6.07) is 6.51. The van der Waals surface area contributed by atoms with Gasteiger partial charge in [-0.05, 0) is 31.5 Å². The molecule has 0 spiro atoms. The summed E-state index contributed by atoms with van der Waals surface area (Å²) < 4.78 is 34.1. The maximum atomic E-state index is 12.6. The number of aryl methyl sites for hydroxylation is 1. The van der Waals surface area contributed by atoms with Crippen molar-refractivity contribution in [2.24, 2.45) is 0 Å². The van der Waals surface area contributed by atoms with E-state index in [1.807, 2.05) is 6.92 Å². The Kier molecular flexibility index (Phi) is 9.17. The summed E-state index contributed by atoms with van der Waals surface area (Å²) in [4.78, 5) is 39.5. The summed E-state index contributed by atoms with van der Waals surface area (Å²) >= 11 is 0.984. The van der Waals surface area contributed by atoms with Gasteiger partial charge in [0.1, 0.15) is 17.3 Å². The minimum absolute atomic E-state index is 0.120. The summed E-state index contributed by atoms with van der Waals surface area (Å²) in [5, 5.41) is 16.0. The van der Waals surface area contributed by atoms with E-state index < -0.39 is 21.9 Å². The first-order valence-electron chi connectivity index (χ1n) is 12.4. The van der Waals surface area contributed by atoms with Gasteiger partial charge in [-0.2, -0.15) is 4.98 Å². The molecule has 0 fully saturated rings. The van der Waals surface area contributed by atoms with Gasteiger partial charge >= 0.3 is 12.1 Å². The van der Waals surface area contributed by atoms with Crippen LogP contribution in [0.4, 0.5) is 21.7 Å². The zero-order valence-corrected chi connectivity index (χ0v) is 23.9. The number of ether oxygens (including phenoxy) is 2. The number of benzene rings is 1. The third kappa shape index (κ3) is 7.22. The predicted molar refractivity (Wildman–Crippen MR) is 148 cm³/mol. The van der Waals surface area contributed by atoms with Crippen LogP contribution in [0.1, 0.15) is 39.1 Å². The summed E-state index contributed by atoms with van der Waals surface area (Å²) in [5.74, 6) is -0.364. The van der Waals surface area contributed by atoms with Crippen LogP contribution in [0, 0.1) is 6.92 Å². The van der Waals surface area contributed by atoms with Crippen LogP contribution in [0.3, 0.4) is 0 Å². The molecule has 0 aliphatic carbocycles. The van der Waals surface area contributed by atoms with Crippen LogP contribution in [0.15, 0.2) is 29.2 Å². The molecule has 0 unspecified atom stereocenters. The van der Waals surface area contributed by atoms with Gasteiger partial charge in [0.05, 0.1) is 29.4 Å². The molecule has 1 amide bonds. The number of carbonyl (C=O) groups excluding carboxylic acids is 1.